The predicted octanol–water partition coefficient (Wildman–Crippen LogP) is 2.32. The van der Waals surface area contributed by atoms with Crippen molar-refractivity contribution in [2.45, 2.75) is 19.8 Å². The Bertz CT molecular complexity index is 520. The molecular formula is C15H21N3O2. The molecule has 1 aromatic carbocycles. The second-order valence-corrected chi connectivity index (χ2v) is 5.35. The maximum atomic E-state index is 12.1. The van der Waals surface area contributed by atoms with Crippen LogP contribution in [-0.4, -0.2) is 48.9 Å². The van der Waals surface area contributed by atoms with Crippen molar-refractivity contribution < 1.29 is 9.59 Å². The van der Waals surface area contributed by atoms with E-state index in [4.69, 9.17) is 0 Å². The molecule has 1 N–H and O–H groups in total. The SMILES string of the molecule is Cc1ccc(NC(=O)N2CCCC2)cc1C(=O)N(C)C. The zero-order valence-electron chi connectivity index (χ0n) is 12.3. The number of hydrogen-bond donors (Lipinski definition) is 1. The molecule has 0 radical (unpaired) electrons. The molecule has 0 aromatic heterocycles. The van der Waals surface area contributed by atoms with Gasteiger partial charge in [0.15, 0.2) is 0 Å². The van der Waals surface area contributed by atoms with Gasteiger partial charge in [0.1, 0.15) is 0 Å². The highest BCUT2D eigenvalue weighted by Gasteiger charge is 2.18. The topological polar surface area (TPSA) is 52.7 Å². The number of hydrogen-bond acceptors (Lipinski definition) is 2. The summed E-state index contributed by atoms with van der Waals surface area (Å²) in [6.45, 7) is 3.51. The molecule has 5 nitrogen and oxygen atoms in total. The van der Waals surface area contributed by atoms with Crippen molar-refractivity contribution in [1.29, 1.82) is 0 Å². The van der Waals surface area contributed by atoms with Crippen LogP contribution >= 0.6 is 0 Å². The smallest absolute Gasteiger partial charge is 0.321 e. The molecule has 1 aliphatic heterocycles. The first-order chi connectivity index (χ1) is 9.49. The number of benzene rings is 1. The summed E-state index contributed by atoms with van der Waals surface area (Å²) in [7, 11) is 3.44. The van der Waals surface area contributed by atoms with E-state index in [0.717, 1.165) is 31.5 Å². The van der Waals surface area contributed by atoms with Crippen LogP contribution in [0.1, 0.15) is 28.8 Å². The third-order valence-electron chi connectivity index (χ3n) is 3.52. The first kappa shape index (κ1) is 14.4. The van der Waals surface area contributed by atoms with Crippen molar-refractivity contribution >= 4 is 17.6 Å². The maximum Gasteiger partial charge on any atom is 0.321 e. The lowest BCUT2D eigenvalue weighted by Crippen LogP contribution is -2.32. The third kappa shape index (κ3) is 3.10. The van der Waals surface area contributed by atoms with Crippen molar-refractivity contribution in [2.75, 3.05) is 32.5 Å². The number of anilines is 1. The van der Waals surface area contributed by atoms with E-state index in [1.807, 2.05) is 19.1 Å². The summed E-state index contributed by atoms with van der Waals surface area (Å²) in [5, 5.41) is 2.86. The van der Waals surface area contributed by atoms with Crippen molar-refractivity contribution in [3.63, 3.8) is 0 Å². The van der Waals surface area contributed by atoms with Gasteiger partial charge in [0, 0.05) is 38.4 Å². The van der Waals surface area contributed by atoms with Gasteiger partial charge in [-0.3, -0.25) is 4.79 Å². The van der Waals surface area contributed by atoms with E-state index in [0.29, 0.717) is 11.3 Å². The minimum absolute atomic E-state index is 0.0558. The number of carbonyl (C=O) groups excluding carboxylic acids is 2. The van der Waals surface area contributed by atoms with Crippen LogP contribution in [0.3, 0.4) is 0 Å². The van der Waals surface area contributed by atoms with Crippen LogP contribution in [0.15, 0.2) is 18.2 Å². The minimum atomic E-state index is -0.0883. The Labute approximate surface area is 119 Å². The Hall–Kier alpha value is -2.04. The molecule has 2 rings (SSSR count). The lowest BCUT2D eigenvalue weighted by Gasteiger charge is -2.18. The van der Waals surface area contributed by atoms with E-state index in [-0.39, 0.29) is 11.9 Å². The van der Waals surface area contributed by atoms with Crippen LogP contribution in [-0.2, 0) is 0 Å². The fraction of sp³-hybridized carbons (Fsp3) is 0.467. The van der Waals surface area contributed by atoms with Crippen LogP contribution in [0.4, 0.5) is 10.5 Å². The van der Waals surface area contributed by atoms with Gasteiger partial charge in [0.25, 0.3) is 5.91 Å². The lowest BCUT2D eigenvalue weighted by molar-refractivity contribution is 0.0827. The van der Waals surface area contributed by atoms with Crippen LogP contribution in [0.25, 0.3) is 0 Å². The summed E-state index contributed by atoms with van der Waals surface area (Å²) in [6.07, 6.45) is 2.12. The van der Waals surface area contributed by atoms with Gasteiger partial charge >= 0.3 is 6.03 Å². The number of amides is 3. The molecule has 108 valence electrons. The molecule has 0 saturated carbocycles. The number of nitrogens with one attached hydrogen (secondary N) is 1. The second kappa shape index (κ2) is 5.94. The van der Waals surface area contributed by atoms with E-state index in [1.54, 1.807) is 25.1 Å². The largest absolute Gasteiger partial charge is 0.345 e. The Morgan fingerprint density at radius 3 is 2.45 bits per heavy atom. The van der Waals surface area contributed by atoms with Crippen LogP contribution in [0.2, 0.25) is 0 Å². The van der Waals surface area contributed by atoms with Gasteiger partial charge in [-0.2, -0.15) is 0 Å². The minimum Gasteiger partial charge on any atom is -0.345 e. The van der Waals surface area contributed by atoms with E-state index >= 15 is 0 Å². The van der Waals surface area contributed by atoms with Gasteiger partial charge in [-0.05, 0) is 37.5 Å². The second-order valence-electron chi connectivity index (χ2n) is 5.35. The van der Waals surface area contributed by atoms with Crippen molar-refractivity contribution in [2.24, 2.45) is 0 Å². The fourth-order valence-corrected chi connectivity index (χ4v) is 2.29. The highest BCUT2D eigenvalue weighted by atomic mass is 16.2. The standard InChI is InChI=1S/C15H21N3O2/c1-11-6-7-12(10-13(11)14(19)17(2)3)16-15(20)18-8-4-5-9-18/h6-7,10H,4-5,8-9H2,1-3H3,(H,16,20). The molecule has 3 amide bonds. The van der Waals surface area contributed by atoms with Gasteiger partial charge in [0.05, 0.1) is 0 Å². The molecule has 0 bridgehead atoms. The Kier molecular flexibility index (Phi) is 4.27. The zero-order chi connectivity index (χ0) is 14.7. The van der Waals surface area contributed by atoms with Gasteiger partial charge in [-0.1, -0.05) is 6.07 Å². The van der Waals surface area contributed by atoms with Gasteiger partial charge < -0.3 is 15.1 Å². The third-order valence-corrected chi connectivity index (χ3v) is 3.52. The summed E-state index contributed by atoms with van der Waals surface area (Å²) in [4.78, 5) is 27.4. The lowest BCUT2D eigenvalue weighted by atomic mass is 10.1. The first-order valence-electron chi connectivity index (χ1n) is 6.87. The molecule has 1 fully saturated rings. The fourth-order valence-electron chi connectivity index (χ4n) is 2.29. The van der Waals surface area contributed by atoms with Crippen molar-refractivity contribution in [3.8, 4) is 0 Å². The highest BCUT2D eigenvalue weighted by Crippen LogP contribution is 2.18. The average molecular weight is 275 g/mol. The molecule has 5 heteroatoms. The van der Waals surface area contributed by atoms with Crippen molar-refractivity contribution in [3.05, 3.63) is 29.3 Å². The van der Waals surface area contributed by atoms with Crippen LogP contribution < -0.4 is 5.32 Å². The summed E-state index contributed by atoms with van der Waals surface area (Å²) in [5.41, 5.74) is 2.19. The molecule has 0 unspecified atom stereocenters. The molecule has 0 atom stereocenters. The molecule has 1 aliphatic rings. The summed E-state index contributed by atoms with van der Waals surface area (Å²) >= 11 is 0. The molecule has 1 aromatic rings. The summed E-state index contributed by atoms with van der Waals surface area (Å²) in [5.74, 6) is -0.0558. The molecule has 20 heavy (non-hydrogen) atoms. The highest BCUT2D eigenvalue weighted by molar-refractivity contribution is 5.97. The normalized spacial score (nSPS) is 14.2. The number of urea groups is 1. The van der Waals surface area contributed by atoms with E-state index in [2.05, 4.69) is 5.32 Å². The molecule has 1 heterocycles. The van der Waals surface area contributed by atoms with Gasteiger partial charge in [-0.25, -0.2) is 4.79 Å². The monoisotopic (exact) mass is 275 g/mol. The first-order valence-corrected chi connectivity index (χ1v) is 6.87. The molecule has 0 spiro atoms. The van der Waals surface area contributed by atoms with E-state index < -0.39 is 0 Å². The maximum absolute atomic E-state index is 12.1. The van der Waals surface area contributed by atoms with E-state index in [1.165, 1.54) is 4.90 Å². The molecular weight excluding hydrogens is 254 g/mol. The molecule has 1 saturated heterocycles. The number of likely N-dealkylation sites (tertiary alicyclic amines) is 1. The Morgan fingerprint density at radius 1 is 1.20 bits per heavy atom. The number of carbonyl (C=O) groups is 2. The zero-order valence-corrected chi connectivity index (χ0v) is 12.3. The predicted molar refractivity (Wildman–Crippen MR) is 79.0 cm³/mol. The number of aryl methyl sites for hydroxylation is 1. The Morgan fingerprint density at radius 2 is 1.85 bits per heavy atom. The average Bonchev–Trinajstić information content (AvgIpc) is 2.94. The van der Waals surface area contributed by atoms with Crippen LogP contribution in [0.5, 0.6) is 0 Å². The summed E-state index contributed by atoms with van der Waals surface area (Å²) in [6, 6.07) is 5.34. The van der Waals surface area contributed by atoms with Gasteiger partial charge in [0.2, 0.25) is 0 Å². The quantitative estimate of drug-likeness (QED) is 0.900. The number of rotatable bonds is 2. The van der Waals surface area contributed by atoms with E-state index in [9.17, 15) is 9.59 Å². The van der Waals surface area contributed by atoms with Crippen molar-refractivity contribution in [1.82, 2.24) is 9.80 Å². The molecule has 0 aliphatic carbocycles. The Balaban J connectivity index is 2.14. The van der Waals surface area contributed by atoms with Crippen LogP contribution in [0, 0.1) is 6.92 Å². The number of nitrogens with zero attached hydrogens (tertiary/aromatic N) is 2. The summed E-state index contributed by atoms with van der Waals surface area (Å²) < 4.78 is 0. The van der Waals surface area contributed by atoms with Gasteiger partial charge in [-0.15, -0.1) is 0 Å².